The van der Waals surface area contributed by atoms with Gasteiger partial charge in [0.05, 0.1) is 17.1 Å². The maximum atomic E-state index is 12.6. The summed E-state index contributed by atoms with van der Waals surface area (Å²) in [6.45, 7) is 3.81. The van der Waals surface area contributed by atoms with E-state index < -0.39 is 5.91 Å². The highest BCUT2D eigenvalue weighted by atomic mass is 16.5. The van der Waals surface area contributed by atoms with Gasteiger partial charge >= 0.3 is 11.6 Å². The molecule has 6 heteroatoms. The van der Waals surface area contributed by atoms with Gasteiger partial charge in [-0.05, 0) is 36.6 Å². The third-order valence-corrected chi connectivity index (χ3v) is 4.17. The lowest BCUT2D eigenvalue weighted by atomic mass is 10.0. The van der Waals surface area contributed by atoms with Gasteiger partial charge < -0.3 is 15.6 Å². The first kappa shape index (κ1) is 16.0. The smallest absolute Gasteiger partial charge is 0.325 e. The Morgan fingerprint density at radius 3 is 2.71 bits per heavy atom. The van der Waals surface area contributed by atoms with E-state index in [0.717, 1.165) is 23.3 Å². The SMILES string of the molecule is C=C1C=C(NC(=O)c2cccc(C3CC3)[n+]2O)C(N(C)C)=CC1=N. The van der Waals surface area contributed by atoms with Crippen LogP contribution in [0.2, 0.25) is 0 Å². The molecule has 0 radical (unpaired) electrons. The standard InChI is InChI=1S/C18H20N4O2/c1-11-9-14(17(21(2)3)10-13(11)19)20-18(23)16-6-4-5-15(22(16)24)12-7-8-12/h4-6,9-10,12,19H,1,7-8H2,2-3H3,(H-,20,23,24)/p+1. The van der Waals surface area contributed by atoms with Crippen LogP contribution in [0, 0.1) is 5.41 Å². The van der Waals surface area contributed by atoms with E-state index >= 15 is 0 Å². The molecular weight excluding hydrogens is 304 g/mol. The number of carbonyl (C=O) groups excluding carboxylic acids is 1. The van der Waals surface area contributed by atoms with E-state index in [1.165, 1.54) is 0 Å². The van der Waals surface area contributed by atoms with E-state index in [1.807, 2.05) is 25.1 Å². The van der Waals surface area contributed by atoms with Gasteiger partial charge in [-0.25, -0.2) is 0 Å². The predicted molar refractivity (Wildman–Crippen MR) is 90.0 cm³/mol. The molecule has 124 valence electrons. The topological polar surface area (TPSA) is 80.3 Å². The Balaban J connectivity index is 1.88. The maximum absolute atomic E-state index is 12.6. The molecule has 24 heavy (non-hydrogen) atoms. The monoisotopic (exact) mass is 325 g/mol. The van der Waals surface area contributed by atoms with E-state index in [2.05, 4.69) is 11.9 Å². The predicted octanol–water partition coefficient (Wildman–Crippen LogP) is 1.74. The molecule has 0 saturated heterocycles. The fraction of sp³-hybridized carbons (Fsp3) is 0.278. The van der Waals surface area contributed by atoms with Gasteiger partial charge in [0.15, 0.2) is 0 Å². The minimum Gasteiger partial charge on any atom is -0.376 e. The molecule has 1 saturated carbocycles. The summed E-state index contributed by atoms with van der Waals surface area (Å²) in [5.41, 5.74) is 3.05. The summed E-state index contributed by atoms with van der Waals surface area (Å²) in [5.74, 6) is -0.0747. The van der Waals surface area contributed by atoms with Crippen LogP contribution in [0.15, 0.2) is 53.9 Å². The lowest BCUT2D eigenvalue weighted by Gasteiger charge is -2.24. The summed E-state index contributed by atoms with van der Waals surface area (Å²) < 4.78 is 0.978. The maximum Gasteiger partial charge on any atom is 0.325 e. The largest absolute Gasteiger partial charge is 0.376 e. The molecule has 1 amide bonds. The second-order valence-corrected chi connectivity index (χ2v) is 6.30. The number of carbonyl (C=O) groups is 1. The zero-order chi connectivity index (χ0) is 17.4. The molecule has 0 aromatic carbocycles. The van der Waals surface area contributed by atoms with Crippen molar-refractivity contribution in [3.63, 3.8) is 0 Å². The zero-order valence-electron chi connectivity index (χ0n) is 13.8. The van der Waals surface area contributed by atoms with Crippen molar-refractivity contribution >= 4 is 11.6 Å². The summed E-state index contributed by atoms with van der Waals surface area (Å²) in [7, 11) is 3.68. The summed E-state index contributed by atoms with van der Waals surface area (Å²) in [6.07, 6.45) is 5.39. The third-order valence-electron chi connectivity index (χ3n) is 4.17. The number of hydrogen-bond acceptors (Lipinski definition) is 4. The van der Waals surface area contributed by atoms with Gasteiger partial charge in [0.1, 0.15) is 0 Å². The van der Waals surface area contributed by atoms with Crippen LogP contribution in [0.25, 0.3) is 0 Å². The van der Waals surface area contributed by atoms with Crippen molar-refractivity contribution in [3.05, 3.63) is 65.3 Å². The van der Waals surface area contributed by atoms with Crippen molar-refractivity contribution in [3.8, 4) is 0 Å². The zero-order valence-corrected chi connectivity index (χ0v) is 13.8. The fourth-order valence-electron chi connectivity index (χ4n) is 2.67. The van der Waals surface area contributed by atoms with Crippen molar-refractivity contribution in [2.75, 3.05) is 14.1 Å². The Morgan fingerprint density at radius 1 is 1.38 bits per heavy atom. The molecular formula is C18H21N4O2+. The molecule has 0 spiro atoms. The molecule has 1 aromatic heterocycles. The van der Waals surface area contributed by atoms with E-state index in [1.54, 1.807) is 24.3 Å². The number of hydrogen-bond donors (Lipinski definition) is 3. The Bertz CT molecular complexity index is 801. The Hall–Kier alpha value is -2.89. The molecule has 1 aromatic rings. The van der Waals surface area contributed by atoms with Crippen LogP contribution in [0.1, 0.15) is 34.9 Å². The Kier molecular flexibility index (Phi) is 3.97. The lowest BCUT2D eigenvalue weighted by Crippen LogP contribution is -2.45. The molecule has 1 fully saturated rings. The molecule has 3 N–H and O–H groups in total. The average molecular weight is 325 g/mol. The van der Waals surface area contributed by atoms with Gasteiger partial charge in [0.25, 0.3) is 0 Å². The highest BCUT2D eigenvalue weighted by molar-refractivity contribution is 6.10. The van der Waals surface area contributed by atoms with Crippen molar-refractivity contribution in [2.24, 2.45) is 0 Å². The second-order valence-electron chi connectivity index (χ2n) is 6.30. The molecule has 0 aliphatic heterocycles. The molecule has 2 aliphatic carbocycles. The second kappa shape index (κ2) is 5.96. The number of aromatic nitrogens is 1. The van der Waals surface area contributed by atoms with Crippen LogP contribution in [-0.2, 0) is 0 Å². The highest BCUT2D eigenvalue weighted by Gasteiger charge is 2.36. The molecule has 0 bridgehead atoms. The molecule has 6 nitrogen and oxygen atoms in total. The summed E-state index contributed by atoms with van der Waals surface area (Å²) >= 11 is 0. The summed E-state index contributed by atoms with van der Waals surface area (Å²) in [5, 5.41) is 21.0. The van der Waals surface area contributed by atoms with Crippen LogP contribution in [0.5, 0.6) is 0 Å². The third kappa shape index (κ3) is 2.95. The van der Waals surface area contributed by atoms with E-state index in [-0.39, 0.29) is 5.69 Å². The van der Waals surface area contributed by atoms with E-state index in [4.69, 9.17) is 5.41 Å². The number of rotatable bonds is 4. The number of nitrogens with zero attached hydrogens (tertiary/aromatic N) is 2. The first-order valence-electron chi connectivity index (χ1n) is 7.83. The Morgan fingerprint density at radius 2 is 2.08 bits per heavy atom. The minimum absolute atomic E-state index is 0.185. The van der Waals surface area contributed by atoms with E-state index in [0.29, 0.717) is 28.6 Å². The normalized spacial score (nSPS) is 17.2. The number of allylic oxidation sites excluding steroid dienone is 3. The first-order valence-corrected chi connectivity index (χ1v) is 7.83. The van der Waals surface area contributed by atoms with Gasteiger partial charge in [-0.2, -0.15) is 0 Å². The molecule has 1 heterocycles. The van der Waals surface area contributed by atoms with Gasteiger partial charge in [-0.1, -0.05) is 6.58 Å². The molecule has 3 rings (SSSR count). The van der Waals surface area contributed by atoms with Crippen LogP contribution in [0.3, 0.4) is 0 Å². The summed E-state index contributed by atoms with van der Waals surface area (Å²) in [4.78, 5) is 14.4. The minimum atomic E-state index is -0.403. The van der Waals surface area contributed by atoms with Crippen molar-refractivity contribution in [1.82, 2.24) is 10.2 Å². The van der Waals surface area contributed by atoms with Crippen molar-refractivity contribution < 1.29 is 14.7 Å². The van der Waals surface area contributed by atoms with Crippen LogP contribution < -0.4 is 10.0 Å². The number of nitrogens with one attached hydrogen (secondary N) is 2. The average Bonchev–Trinajstić information content (AvgIpc) is 3.35. The van der Waals surface area contributed by atoms with Gasteiger partial charge in [0.2, 0.25) is 5.69 Å². The molecule has 0 atom stereocenters. The number of pyridine rings is 1. The number of amides is 1. The fourth-order valence-corrected chi connectivity index (χ4v) is 2.67. The first-order chi connectivity index (χ1) is 11.4. The Labute approximate surface area is 140 Å². The van der Waals surface area contributed by atoms with E-state index in [9.17, 15) is 10.0 Å². The van der Waals surface area contributed by atoms with Gasteiger partial charge in [-0.3, -0.25) is 10.0 Å². The number of likely N-dealkylation sites (N-methyl/N-ethyl adjacent to an activating group) is 1. The quantitative estimate of drug-likeness (QED) is 0.583. The van der Waals surface area contributed by atoms with Crippen LogP contribution in [-0.4, -0.2) is 35.8 Å². The van der Waals surface area contributed by atoms with Gasteiger partial charge in [-0.15, -0.1) is 0 Å². The van der Waals surface area contributed by atoms with Crippen LogP contribution >= 0.6 is 0 Å². The van der Waals surface area contributed by atoms with Gasteiger partial charge in [0, 0.05) is 36.9 Å². The van der Waals surface area contributed by atoms with Crippen molar-refractivity contribution in [2.45, 2.75) is 18.8 Å². The molecule has 2 aliphatic rings. The van der Waals surface area contributed by atoms with Crippen LogP contribution in [0.4, 0.5) is 0 Å². The highest BCUT2D eigenvalue weighted by Crippen LogP contribution is 2.38. The molecule has 0 unspecified atom stereocenters. The van der Waals surface area contributed by atoms with Crippen molar-refractivity contribution in [1.29, 1.82) is 5.41 Å². The summed E-state index contributed by atoms with van der Waals surface area (Å²) in [6, 6.07) is 5.20. The lowest BCUT2D eigenvalue weighted by molar-refractivity contribution is -0.910.